The monoisotopic (exact) mass is 262 g/mol. The van der Waals surface area contributed by atoms with Crippen molar-refractivity contribution in [3.05, 3.63) is 47.7 Å². The Morgan fingerprint density at radius 2 is 1.79 bits per heavy atom. The molecule has 0 spiro atoms. The molecular weight excluding hydrogens is 244 g/mol. The number of carbonyl (C=O) groups is 1. The highest BCUT2D eigenvalue weighted by molar-refractivity contribution is 5.83. The predicted octanol–water partition coefficient (Wildman–Crippen LogP) is 2.55. The summed E-state index contributed by atoms with van der Waals surface area (Å²) in [6.07, 6.45) is 0.566. The SMILES string of the molecule is CC(C1=CC(=O)OC(C)(C)O1)C(O)c1ccccc1. The predicted molar refractivity (Wildman–Crippen MR) is 69.9 cm³/mol. The van der Waals surface area contributed by atoms with E-state index in [0.717, 1.165) is 5.56 Å². The van der Waals surface area contributed by atoms with Gasteiger partial charge in [-0.05, 0) is 5.56 Å². The van der Waals surface area contributed by atoms with Crippen molar-refractivity contribution in [3.8, 4) is 0 Å². The third-order valence-electron chi connectivity index (χ3n) is 3.03. The van der Waals surface area contributed by atoms with Crippen LogP contribution in [0.15, 0.2) is 42.2 Å². The Morgan fingerprint density at radius 3 is 2.37 bits per heavy atom. The van der Waals surface area contributed by atoms with E-state index >= 15 is 0 Å². The van der Waals surface area contributed by atoms with Crippen LogP contribution in [0.4, 0.5) is 0 Å². The second-order valence-corrected chi connectivity index (χ2v) is 5.11. The summed E-state index contributed by atoms with van der Waals surface area (Å²) < 4.78 is 10.6. The van der Waals surface area contributed by atoms with Crippen LogP contribution in [-0.2, 0) is 14.3 Å². The van der Waals surface area contributed by atoms with Crippen LogP contribution in [0.3, 0.4) is 0 Å². The van der Waals surface area contributed by atoms with Crippen LogP contribution in [0.2, 0.25) is 0 Å². The summed E-state index contributed by atoms with van der Waals surface area (Å²) in [5, 5.41) is 10.3. The number of ether oxygens (including phenoxy) is 2. The van der Waals surface area contributed by atoms with Gasteiger partial charge < -0.3 is 14.6 Å². The van der Waals surface area contributed by atoms with Gasteiger partial charge in [-0.15, -0.1) is 0 Å². The molecule has 19 heavy (non-hydrogen) atoms. The Kier molecular flexibility index (Phi) is 3.62. The molecule has 1 aliphatic heterocycles. The molecule has 2 unspecified atom stereocenters. The zero-order valence-corrected chi connectivity index (χ0v) is 11.3. The van der Waals surface area contributed by atoms with Gasteiger partial charge in [0.15, 0.2) is 0 Å². The maximum Gasteiger partial charge on any atom is 0.337 e. The highest BCUT2D eigenvalue weighted by Gasteiger charge is 2.34. The average Bonchev–Trinajstić information content (AvgIpc) is 2.35. The van der Waals surface area contributed by atoms with Crippen LogP contribution < -0.4 is 0 Å². The van der Waals surface area contributed by atoms with E-state index in [2.05, 4.69) is 0 Å². The Bertz CT molecular complexity index is 490. The molecule has 2 atom stereocenters. The number of aliphatic hydroxyl groups is 1. The first-order valence-electron chi connectivity index (χ1n) is 6.25. The van der Waals surface area contributed by atoms with Gasteiger partial charge in [-0.2, -0.15) is 0 Å². The van der Waals surface area contributed by atoms with E-state index in [9.17, 15) is 9.90 Å². The molecule has 0 saturated carbocycles. The Morgan fingerprint density at radius 1 is 1.16 bits per heavy atom. The standard InChI is InChI=1S/C15H18O4/c1-10(14(17)11-7-5-4-6-8-11)12-9-13(16)19-15(2,3)18-12/h4-10,14,17H,1-3H3. The smallest absolute Gasteiger partial charge is 0.337 e. The summed E-state index contributed by atoms with van der Waals surface area (Å²) in [4.78, 5) is 11.5. The van der Waals surface area contributed by atoms with Gasteiger partial charge >= 0.3 is 5.97 Å². The Balaban J connectivity index is 2.20. The fraction of sp³-hybridized carbons (Fsp3) is 0.400. The normalized spacial score (nSPS) is 20.8. The summed E-state index contributed by atoms with van der Waals surface area (Å²) in [5.41, 5.74) is 0.788. The van der Waals surface area contributed by atoms with Gasteiger partial charge in [0.2, 0.25) is 5.79 Å². The Hall–Kier alpha value is -1.81. The number of aliphatic hydroxyl groups excluding tert-OH is 1. The third kappa shape index (κ3) is 3.15. The molecule has 0 aliphatic carbocycles. The van der Waals surface area contributed by atoms with Gasteiger partial charge in [0, 0.05) is 19.8 Å². The second-order valence-electron chi connectivity index (χ2n) is 5.11. The molecule has 1 aromatic carbocycles. The van der Waals surface area contributed by atoms with Crippen LogP contribution in [0.25, 0.3) is 0 Å². The van der Waals surface area contributed by atoms with E-state index in [-0.39, 0.29) is 5.92 Å². The minimum Gasteiger partial charge on any atom is -0.456 e. The van der Waals surface area contributed by atoms with E-state index in [1.54, 1.807) is 13.8 Å². The number of cyclic esters (lactones) is 1. The lowest BCUT2D eigenvalue weighted by Gasteiger charge is -2.34. The molecule has 0 bridgehead atoms. The Labute approximate surface area is 112 Å². The largest absolute Gasteiger partial charge is 0.456 e. The lowest BCUT2D eigenvalue weighted by molar-refractivity contribution is -0.209. The van der Waals surface area contributed by atoms with Crippen LogP contribution >= 0.6 is 0 Å². The molecule has 0 saturated heterocycles. The van der Waals surface area contributed by atoms with E-state index in [1.807, 2.05) is 37.3 Å². The molecule has 4 heteroatoms. The van der Waals surface area contributed by atoms with Crippen molar-refractivity contribution in [1.29, 1.82) is 0 Å². The molecule has 102 valence electrons. The minimum absolute atomic E-state index is 0.325. The number of esters is 1. The lowest BCUT2D eigenvalue weighted by Crippen LogP contribution is -2.36. The molecule has 1 heterocycles. The number of hydrogen-bond donors (Lipinski definition) is 1. The van der Waals surface area contributed by atoms with Crippen molar-refractivity contribution in [2.24, 2.45) is 5.92 Å². The first-order chi connectivity index (χ1) is 8.89. The molecule has 1 N–H and O–H groups in total. The summed E-state index contributed by atoms with van der Waals surface area (Å²) in [5.74, 6) is -1.32. The molecular formula is C15H18O4. The highest BCUT2D eigenvalue weighted by atomic mass is 16.7. The van der Waals surface area contributed by atoms with Gasteiger partial charge in [-0.25, -0.2) is 4.79 Å². The van der Waals surface area contributed by atoms with Crippen LogP contribution in [0, 0.1) is 5.92 Å². The molecule has 0 radical (unpaired) electrons. The summed E-state index contributed by atoms with van der Waals surface area (Å²) in [6, 6.07) is 9.29. The van der Waals surface area contributed by atoms with Crippen molar-refractivity contribution >= 4 is 5.97 Å². The minimum atomic E-state index is -0.994. The van der Waals surface area contributed by atoms with Gasteiger partial charge in [0.05, 0.1) is 12.2 Å². The zero-order chi connectivity index (χ0) is 14.0. The lowest BCUT2D eigenvalue weighted by atomic mass is 9.95. The number of carbonyl (C=O) groups excluding carboxylic acids is 1. The fourth-order valence-corrected chi connectivity index (χ4v) is 2.04. The zero-order valence-electron chi connectivity index (χ0n) is 11.3. The first-order valence-corrected chi connectivity index (χ1v) is 6.25. The summed E-state index contributed by atoms with van der Waals surface area (Å²) >= 11 is 0. The molecule has 4 nitrogen and oxygen atoms in total. The van der Waals surface area contributed by atoms with Crippen molar-refractivity contribution in [2.75, 3.05) is 0 Å². The molecule has 0 aromatic heterocycles. The molecule has 1 aliphatic rings. The third-order valence-corrected chi connectivity index (χ3v) is 3.03. The molecule has 1 aromatic rings. The van der Waals surface area contributed by atoms with Crippen molar-refractivity contribution in [2.45, 2.75) is 32.7 Å². The van der Waals surface area contributed by atoms with Crippen LogP contribution in [0.1, 0.15) is 32.4 Å². The molecule has 0 fully saturated rings. The summed E-state index contributed by atoms with van der Waals surface area (Å²) in [7, 11) is 0. The molecule has 0 amide bonds. The topological polar surface area (TPSA) is 55.8 Å². The van der Waals surface area contributed by atoms with E-state index in [4.69, 9.17) is 9.47 Å². The first kappa shape index (κ1) is 13.6. The van der Waals surface area contributed by atoms with E-state index in [1.165, 1.54) is 6.08 Å². The van der Waals surface area contributed by atoms with Crippen molar-refractivity contribution in [1.82, 2.24) is 0 Å². The van der Waals surface area contributed by atoms with Crippen LogP contribution in [0.5, 0.6) is 0 Å². The van der Waals surface area contributed by atoms with E-state index in [0.29, 0.717) is 5.76 Å². The van der Waals surface area contributed by atoms with Gasteiger partial charge in [0.25, 0.3) is 0 Å². The number of hydrogen-bond acceptors (Lipinski definition) is 4. The van der Waals surface area contributed by atoms with Gasteiger partial charge in [0.1, 0.15) is 5.76 Å². The fourth-order valence-electron chi connectivity index (χ4n) is 2.04. The maximum absolute atomic E-state index is 11.5. The van der Waals surface area contributed by atoms with Gasteiger partial charge in [-0.3, -0.25) is 0 Å². The number of benzene rings is 1. The van der Waals surface area contributed by atoms with Gasteiger partial charge in [-0.1, -0.05) is 37.3 Å². The van der Waals surface area contributed by atoms with E-state index < -0.39 is 17.9 Å². The summed E-state index contributed by atoms with van der Waals surface area (Å²) in [6.45, 7) is 5.15. The highest BCUT2D eigenvalue weighted by Crippen LogP contribution is 2.33. The van der Waals surface area contributed by atoms with Crippen molar-refractivity contribution < 1.29 is 19.4 Å². The van der Waals surface area contributed by atoms with Crippen LogP contribution in [-0.4, -0.2) is 16.9 Å². The quantitative estimate of drug-likeness (QED) is 0.850. The second kappa shape index (κ2) is 5.05. The average molecular weight is 262 g/mol. The molecule has 2 rings (SSSR count). The van der Waals surface area contributed by atoms with Crippen molar-refractivity contribution in [3.63, 3.8) is 0 Å². The number of rotatable bonds is 3. The maximum atomic E-state index is 11.5.